The van der Waals surface area contributed by atoms with E-state index in [0.29, 0.717) is 6.61 Å². The van der Waals surface area contributed by atoms with Crippen molar-refractivity contribution >= 4 is 10.0 Å². The van der Waals surface area contributed by atoms with Gasteiger partial charge in [0, 0.05) is 19.3 Å². The summed E-state index contributed by atoms with van der Waals surface area (Å²) in [4.78, 5) is 0. The molecule has 1 saturated heterocycles. The molecule has 0 bridgehead atoms. The second-order valence-corrected chi connectivity index (χ2v) is 7.17. The summed E-state index contributed by atoms with van der Waals surface area (Å²) in [6.45, 7) is 0.732. The maximum atomic E-state index is 12.0. The lowest BCUT2D eigenvalue weighted by atomic mass is 9.86. The van der Waals surface area contributed by atoms with E-state index in [1.807, 2.05) is 0 Å². The van der Waals surface area contributed by atoms with Crippen LogP contribution in [-0.2, 0) is 14.8 Å². The van der Waals surface area contributed by atoms with Crippen LogP contribution in [-0.4, -0.2) is 44.6 Å². The summed E-state index contributed by atoms with van der Waals surface area (Å²) >= 11 is 0. The van der Waals surface area contributed by atoms with Gasteiger partial charge in [-0.25, -0.2) is 13.1 Å². The number of aliphatic hydroxyl groups is 1. The van der Waals surface area contributed by atoms with Crippen molar-refractivity contribution in [2.45, 2.75) is 50.7 Å². The molecular weight excluding hydrogens is 254 g/mol. The van der Waals surface area contributed by atoms with Gasteiger partial charge in [0.1, 0.15) is 0 Å². The number of aliphatic hydroxyl groups excluding tert-OH is 1. The van der Waals surface area contributed by atoms with Gasteiger partial charge in [0.25, 0.3) is 0 Å². The minimum atomic E-state index is -3.29. The molecule has 0 amide bonds. The quantitative estimate of drug-likeness (QED) is 0.773. The third kappa shape index (κ3) is 3.91. The molecule has 106 valence electrons. The fourth-order valence-corrected chi connectivity index (χ4v) is 4.50. The van der Waals surface area contributed by atoms with Crippen molar-refractivity contribution in [2.75, 3.05) is 19.0 Å². The van der Waals surface area contributed by atoms with Crippen LogP contribution in [0.2, 0.25) is 0 Å². The van der Waals surface area contributed by atoms with E-state index < -0.39 is 10.0 Å². The van der Waals surface area contributed by atoms with E-state index >= 15 is 0 Å². The number of hydrogen-bond donors (Lipinski definition) is 2. The maximum Gasteiger partial charge on any atom is 0.214 e. The molecule has 0 radical (unpaired) electrons. The molecule has 18 heavy (non-hydrogen) atoms. The Kier molecular flexibility index (Phi) is 5.00. The van der Waals surface area contributed by atoms with Gasteiger partial charge in [-0.1, -0.05) is 12.8 Å². The molecule has 1 heterocycles. The number of sulfonamides is 1. The third-order valence-electron chi connectivity index (χ3n) is 3.90. The molecular formula is C12H23NO4S. The fraction of sp³-hybridized carbons (Fsp3) is 1.00. The molecule has 0 aromatic rings. The highest BCUT2D eigenvalue weighted by atomic mass is 32.2. The summed E-state index contributed by atoms with van der Waals surface area (Å²) in [5, 5.41) is 9.28. The highest BCUT2D eigenvalue weighted by Crippen LogP contribution is 2.25. The average Bonchev–Trinajstić information content (AvgIpc) is 2.81. The van der Waals surface area contributed by atoms with Gasteiger partial charge >= 0.3 is 0 Å². The van der Waals surface area contributed by atoms with Gasteiger partial charge in [-0.3, -0.25) is 0 Å². The first kappa shape index (κ1) is 14.2. The van der Waals surface area contributed by atoms with E-state index in [1.165, 1.54) is 0 Å². The second kappa shape index (κ2) is 6.32. The molecule has 1 aliphatic carbocycles. The van der Waals surface area contributed by atoms with Gasteiger partial charge in [-0.05, 0) is 31.6 Å². The van der Waals surface area contributed by atoms with Crippen molar-refractivity contribution in [2.24, 2.45) is 5.92 Å². The zero-order chi connectivity index (χ0) is 13.0. The van der Waals surface area contributed by atoms with Crippen LogP contribution in [0.4, 0.5) is 0 Å². The largest absolute Gasteiger partial charge is 0.396 e. The second-order valence-electron chi connectivity index (χ2n) is 5.37. The molecule has 1 aliphatic heterocycles. The fourth-order valence-electron chi connectivity index (χ4n) is 2.88. The first-order valence-electron chi connectivity index (χ1n) is 6.83. The van der Waals surface area contributed by atoms with Crippen molar-refractivity contribution in [3.63, 3.8) is 0 Å². The molecule has 2 rings (SSSR count). The standard InChI is InChI=1S/C12H23NO4S/c14-8-10-4-1-2-6-12(10)13-18(15,16)9-11-5-3-7-17-11/h10-14H,1-9H2. The van der Waals surface area contributed by atoms with Crippen molar-refractivity contribution in [3.8, 4) is 0 Å². The van der Waals surface area contributed by atoms with E-state index in [9.17, 15) is 13.5 Å². The van der Waals surface area contributed by atoms with E-state index in [4.69, 9.17) is 4.74 Å². The molecule has 3 unspecified atom stereocenters. The zero-order valence-corrected chi connectivity index (χ0v) is 11.5. The van der Waals surface area contributed by atoms with Crippen LogP contribution < -0.4 is 4.72 Å². The summed E-state index contributed by atoms with van der Waals surface area (Å²) in [5.41, 5.74) is 0. The maximum absolute atomic E-state index is 12.0. The molecule has 5 nitrogen and oxygen atoms in total. The summed E-state index contributed by atoms with van der Waals surface area (Å²) in [6.07, 6.45) is 5.47. The smallest absolute Gasteiger partial charge is 0.214 e. The van der Waals surface area contributed by atoms with Crippen molar-refractivity contribution in [1.29, 1.82) is 0 Å². The van der Waals surface area contributed by atoms with Gasteiger partial charge < -0.3 is 9.84 Å². The molecule has 3 atom stereocenters. The SMILES string of the molecule is O=S(=O)(CC1CCCO1)NC1CCCCC1CO. The zero-order valence-electron chi connectivity index (χ0n) is 10.7. The molecule has 0 aromatic carbocycles. The third-order valence-corrected chi connectivity index (χ3v) is 5.38. The molecule has 6 heteroatoms. The Morgan fingerprint density at radius 3 is 2.61 bits per heavy atom. The Balaban J connectivity index is 1.89. The predicted octanol–water partition coefficient (Wildman–Crippen LogP) is 0.636. The molecule has 1 saturated carbocycles. The van der Waals surface area contributed by atoms with Gasteiger partial charge in [0.2, 0.25) is 10.0 Å². The first-order valence-corrected chi connectivity index (χ1v) is 8.48. The Morgan fingerprint density at radius 1 is 1.17 bits per heavy atom. The minimum Gasteiger partial charge on any atom is -0.396 e. The highest BCUT2D eigenvalue weighted by molar-refractivity contribution is 7.89. The predicted molar refractivity (Wildman–Crippen MR) is 68.7 cm³/mol. The van der Waals surface area contributed by atoms with Crippen molar-refractivity contribution in [1.82, 2.24) is 4.72 Å². The molecule has 0 spiro atoms. The van der Waals surface area contributed by atoms with Gasteiger partial charge in [-0.15, -0.1) is 0 Å². The lowest BCUT2D eigenvalue weighted by molar-refractivity contribution is 0.126. The Bertz CT molecular complexity index is 351. The van der Waals surface area contributed by atoms with Crippen LogP contribution in [0.15, 0.2) is 0 Å². The monoisotopic (exact) mass is 277 g/mol. The summed E-state index contributed by atoms with van der Waals surface area (Å²) in [7, 11) is -3.29. The highest BCUT2D eigenvalue weighted by Gasteiger charge is 2.30. The van der Waals surface area contributed by atoms with Gasteiger partial charge in [-0.2, -0.15) is 0 Å². The molecule has 2 fully saturated rings. The van der Waals surface area contributed by atoms with Crippen LogP contribution in [0.25, 0.3) is 0 Å². The molecule has 2 aliphatic rings. The van der Waals surface area contributed by atoms with E-state index in [0.717, 1.165) is 38.5 Å². The number of nitrogens with one attached hydrogen (secondary N) is 1. The van der Waals surface area contributed by atoms with Gasteiger partial charge in [0.05, 0.1) is 11.9 Å². The van der Waals surface area contributed by atoms with Gasteiger partial charge in [0.15, 0.2) is 0 Å². The van der Waals surface area contributed by atoms with E-state index in [1.54, 1.807) is 0 Å². The lowest BCUT2D eigenvalue weighted by Gasteiger charge is -2.30. The number of rotatable bonds is 5. The van der Waals surface area contributed by atoms with Crippen LogP contribution in [0.3, 0.4) is 0 Å². The Labute approximate surface area is 109 Å². The molecule has 2 N–H and O–H groups in total. The summed E-state index contributed by atoms with van der Waals surface area (Å²) < 4.78 is 32.2. The van der Waals surface area contributed by atoms with Crippen molar-refractivity contribution in [3.05, 3.63) is 0 Å². The molecule has 0 aromatic heterocycles. The van der Waals surface area contributed by atoms with Crippen molar-refractivity contribution < 1.29 is 18.3 Å². The number of ether oxygens (including phenoxy) is 1. The summed E-state index contributed by atoms with van der Waals surface area (Å²) in [5.74, 6) is 0.125. The van der Waals surface area contributed by atoms with E-state index in [-0.39, 0.29) is 30.4 Å². The van der Waals surface area contributed by atoms with Crippen LogP contribution in [0.5, 0.6) is 0 Å². The summed E-state index contributed by atoms with van der Waals surface area (Å²) in [6, 6.07) is -0.102. The Morgan fingerprint density at radius 2 is 1.94 bits per heavy atom. The van der Waals surface area contributed by atoms with Crippen LogP contribution >= 0.6 is 0 Å². The Hall–Kier alpha value is -0.170. The number of hydrogen-bond acceptors (Lipinski definition) is 4. The van der Waals surface area contributed by atoms with E-state index in [2.05, 4.69) is 4.72 Å². The topological polar surface area (TPSA) is 75.6 Å². The normalized spacial score (nSPS) is 33.7. The average molecular weight is 277 g/mol. The minimum absolute atomic E-state index is 0.0572. The lowest BCUT2D eigenvalue weighted by Crippen LogP contribution is -2.45. The first-order chi connectivity index (χ1) is 8.61. The van der Waals surface area contributed by atoms with Crippen LogP contribution in [0, 0.1) is 5.92 Å². The van der Waals surface area contributed by atoms with Crippen LogP contribution in [0.1, 0.15) is 38.5 Å².